The second-order valence-corrected chi connectivity index (χ2v) is 8.51. The van der Waals surface area contributed by atoms with Crippen molar-refractivity contribution in [2.75, 3.05) is 13.1 Å². The SMILES string of the molecule is Cc1ccc(C[C@@H](N)C(=O)N2CC(Oc3ccc4c(c3C(=O)[O-])O[B-](O)(O)CC4)C2)cc1.[Na+].[Na+]. The Hall–Kier alpha value is -1.08. The number of benzene rings is 2. The van der Waals surface area contributed by atoms with Gasteiger partial charge in [-0.3, -0.25) is 4.79 Å². The van der Waals surface area contributed by atoms with Gasteiger partial charge < -0.3 is 40.0 Å². The summed E-state index contributed by atoms with van der Waals surface area (Å²) in [5, 5.41) is 31.4. The molecule has 0 saturated carbocycles. The molecule has 1 saturated heterocycles. The van der Waals surface area contributed by atoms with Gasteiger partial charge in [0.05, 0.1) is 36.4 Å². The van der Waals surface area contributed by atoms with Crippen LogP contribution in [0.3, 0.4) is 0 Å². The Bertz CT molecular complexity index is 1050. The first-order valence-corrected chi connectivity index (χ1v) is 10.6. The molecule has 0 aliphatic carbocycles. The number of hydrogen-bond acceptors (Lipinski definition) is 8. The van der Waals surface area contributed by atoms with Crippen LogP contribution >= 0.6 is 0 Å². The summed E-state index contributed by atoms with van der Waals surface area (Å²) in [5.74, 6) is -1.89. The maximum absolute atomic E-state index is 12.6. The Balaban J connectivity index is 0.00000204. The number of amides is 1. The van der Waals surface area contributed by atoms with Crippen LogP contribution in [0.4, 0.5) is 0 Å². The summed E-state index contributed by atoms with van der Waals surface area (Å²) >= 11 is 0. The summed E-state index contributed by atoms with van der Waals surface area (Å²) in [5.41, 5.74) is 8.35. The third-order valence-electron chi connectivity index (χ3n) is 5.85. The molecular weight excluding hydrogens is 461 g/mol. The minimum Gasteiger partial charge on any atom is -0.669 e. The van der Waals surface area contributed by atoms with Gasteiger partial charge in [0, 0.05) is 0 Å². The number of carboxylic acid groups (broad SMARTS) is 1. The normalized spacial score (nSPS) is 17.1. The molecule has 2 heterocycles. The molecule has 0 bridgehead atoms. The number of aryl methyl sites for hydroxylation is 2. The number of nitrogens with zero attached hydrogens (tertiary/aromatic N) is 1. The van der Waals surface area contributed by atoms with Crippen molar-refractivity contribution >= 4 is 18.6 Å². The number of nitrogens with two attached hydrogens (primary N) is 1. The quantitative estimate of drug-likeness (QED) is 0.342. The van der Waals surface area contributed by atoms with Crippen LogP contribution < -0.4 is 79.3 Å². The molecular formula is C22H25BN2Na2O7. The molecule has 2 aliphatic rings. The fourth-order valence-corrected chi connectivity index (χ4v) is 3.99. The van der Waals surface area contributed by atoms with E-state index in [0.717, 1.165) is 11.1 Å². The van der Waals surface area contributed by atoms with Crippen molar-refractivity contribution in [3.63, 3.8) is 0 Å². The zero-order valence-electron chi connectivity index (χ0n) is 19.7. The number of hydrogen-bond donors (Lipinski definition) is 3. The summed E-state index contributed by atoms with van der Waals surface area (Å²) in [6.45, 7) is -0.622. The second kappa shape index (κ2) is 11.8. The molecule has 34 heavy (non-hydrogen) atoms. The van der Waals surface area contributed by atoms with E-state index in [2.05, 4.69) is 0 Å². The summed E-state index contributed by atoms with van der Waals surface area (Å²) < 4.78 is 10.9. The molecule has 12 heteroatoms. The van der Waals surface area contributed by atoms with E-state index in [-0.39, 0.29) is 108 Å². The van der Waals surface area contributed by atoms with Crippen molar-refractivity contribution < 1.29 is 93.2 Å². The molecule has 2 aromatic rings. The average Bonchev–Trinajstić information content (AvgIpc) is 2.70. The van der Waals surface area contributed by atoms with Crippen LogP contribution in [0.15, 0.2) is 36.4 Å². The number of carboxylic acids is 1. The minimum absolute atomic E-state index is 0. The standard InChI is InChI=1S/C22H26BN2O7.2Na/c1-13-2-4-14(5-3-13)10-17(24)21(26)25-11-16(12-25)31-18-7-6-15-8-9-23(29,30)32-20(15)19(18)22(27)28;;/h2-7,16-17,29-30H,8-12,24H2,1H3,(H,27,28);;/q-1;2*+1/p-1/t17-;;/m1../s1. The smallest absolute Gasteiger partial charge is 0.669 e. The number of aromatic carboxylic acids is 1. The maximum Gasteiger partial charge on any atom is 1.00 e. The van der Waals surface area contributed by atoms with Crippen LogP contribution in [-0.4, -0.2) is 58.8 Å². The van der Waals surface area contributed by atoms with Crippen molar-refractivity contribution in [2.24, 2.45) is 5.73 Å². The van der Waals surface area contributed by atoms with Crippen molar-refractivity contribution in [1.29, 1.82) is 0 Å². The van der Waals surface area contributed by atoms with Crippen LogP contribution in [0.2, 0.25) is 6.32 Å². The minimum atomic E-state index is -3.13. The summed E-state index contributed by atoms with van der Waals surface area (Å²) in [7, 11) is 0. The number of ether oxygens (including phenoxy) is 1. The van der Waals surface area contributed by atoms with Gasteiger partial charge >= 0.3 is 65.9 Å². The van der Waals surface area contributed by atoms with E-state index in [0.29, 0.717) is 12.0 Å². The second-order valence-electron chi connectivity index (χ2n) is 8.51. The van der Waals surface area contributed by atoms with Gasteiger partial charge in [0.15, 0.2) is 0 Å². The van der Waals surface area contributed by atoms with Crippen LogP contribution in [0.1, 0.15) is 27.0 Å². The van der Waals surface area contributed by atoms with Gasteiger partial charge in [-0.25, -0.2) is 0 Å². The Morgan fingerprint density at radius 3 is 2.47 bits per heavy atom. The number of carbonyl (C=O) groups excluding carboxylic acids is 2. The predicted octanol–water partition coefficient (Wildman–Crippen LogP) is -6.62. The molecule has 2 aromatic carbocycles. The third kappa shape index (κ3) is 6.57. The largest absolute Gasteiger partial charge is 1.00 e. The molecule has 4 N–H and O–H groups in total. The first kappa shape index (κ1) is 29.2. The molecule has 1 fully saturated rings. The summed E-state index contributed by atoms with van der Waals surface area (Å²) in [6.07, 6.45) is 0.225. The number of rotatable bonds is 6. The Morgan fingerprint density at radius 1 is 1.21 bits per heavy atom. The van der Waals surface area contributed by atoms with Gasteiger partial charge in [-0.05, 0) is 37.0 Å². The van der Waals surface area contributed by atoms with E-state index in [9.17, 15) is 24.7 Å². The van der Waals surface area contributed by atoms with Gasteiger partial charge in [0.2, 0.25) is 5.91 Å². The molecule has 2 aliphatic heterocycles. The maximum atomic E-state index is 12.6. The van der Waals surface area contributed by atoms with Gasteiger partial charge in [-0.1, -0.05) is 42.2 Å². The summed E-state index contributed by atoms with van der Waals surface area (Å²) in [4.78, 5) is 25.9. The molecule has 0 aromatic heterocycles. The number of likely N-dealkylation sites (tertiary alicyclic amines) is 1. The van der Waals surface area contributed by atoms with Crippen molar-refractivity contribution in [1.82, 2.24) is 4.90 Å². The first-order valence-electron chi connectivity index (χ1n) is 10.6. The Morgan fingerprint density at radius 2 is 1.85 bits per heavy atom. The average molecular weight is 486 g/mol. The van der Waals surface area contributed by atoms with E-state index in [1.165, 1.54) is 6.07 Å². The van der Waals surface area contributed by atoms with Gasteiger partial charge in [0.25, 0.3) is 0 Å². The molecule has 1 amide bonds. The monoisotopic (exact) mass is 486 g/mol. The summed E-state index contributed by atoms with van der Waals surface area (Å²) in [6, 6.07) is 10.3. The van der Waals surface area contributed by atoms with E-state index in [1.54, 1.807) is 11.0 Å². The van der Waals surface area contributed by atoms with E-state index in [4.69, 9.17) is 15.1 Å². The fraction of sp³-hybridized carbons (Fsp3) is 0.364. The molecule has 1 atom stereocenters. The Kier molecular flexibility index (Phi) is 10.1. The topological polar surface area (TPSA) is 145 Å². The van der Waals surface area contributed by atoms with Crippen LogP contribution in [-0.2, 0) is 17.6 Å². The van der Waals surface area contributed by atoms with E-state index < -0.39 is 24.9 Å². The zero-order chi connectivity index (χ0) is 23.0. The van der Waals surface area contributed by atoms with Crippen molar-refractivity contribution in [2.45, 2.75) is 38.2 Å². The zero-order valence-corrected chi connectivity index (χ0v) is 23.7. The van der Waals surface area contributed by atoms with Crippen molar-refractivity contribution in [3.05, 3.63) is 58.7 Å². The molecule has 0 spiro atoms. The molecule has 0 unspecified atom stereocenters. The molecule has 170 valence electrons. The van der Waals surface area contributed by atoms with Gasteiger partial charge in [-0.15, -0.1) is 0 Å². The first-order chi connectivity index (χ1) is 15.1. The van der Waals surface area contributed by atoms with Gasteiger partial charge in [0.1, 0.15) is 11.9 Å². The molecule has 4 rings (SSSR count). The van der Waals surface area contributed by atoms with E-state index in [1.807, 2.05) is 31.2 Å². The molecule has 0 radical (unpaired) electrons. The van der Waals surface area contributed by atoms with Crippen LogP contribution in [0.5, 0.6) is 11.5 Å². The van der Waals surface area contributed by atoms with Crippen LogP contribution in [0, 0.1) is 6.92 Å². The fourth-order valence-electron chi connectivity index (χ4n) is 3.99. The number of carbonyl (C=O) groups is 2. The Labute approximate surface area is 242 Å². The van der Waals surface area contributed by atoms with E-state index >= 15 is 0 Å². The number of fused-ring (bicyclic) bond motifs is 1. The van der Waals surface area contributed by atoms with Crippen molar-refractivity contribution in [3.8, 4) is 11.5 Å². The van der Waals surface area contributed by atoms with Gasteiger partial charge in [-0.2, -0.15) is 0 Å². The third-order valence-corrected chi connectivity index (χ3v) is 5.85. The molecule has 9 nitrogen and oxygen atoms in total. The van der Waals surface area contributed by atoms with Crippen LogP contribution in [0.25, 0.3) is 0 Å². The predicted molar refractivity (Wildman–Crippen MR) is 114 cm³/mol.